The number of hydrogen-bond donors (Lipinski definition) is 9. The summed E-state index contributed by atoms with van der Waals surface area (Å²) in [6, 6.07) is -5.08. The fraction of sp³-hybridized carbons (Fsp3) is 0.778. The van der Waals surface area contributed by atoms with E-state index in [0.29, 0.717) is 6.42 Å². The van der Waals surface area contributed by atoms with Gasteiger partial charge in [0.1, 0.15) is 24.2 Å². The summed E-state index contributed by atoms with van der Waals surface area (Å²) >= 11 is 0. The standard InChI is InChI=1S/C36H66N8O9/c1-6-7-8-9-10-11-12-13-14-15-16-19-27(45)43-30(23(2)3)34(51)42-25(18-17-20-39-36(37)38)32(49)40-22-28(46)41-26(21-29(47)48)33(50)44-31(24(4)5)35(52)53/h23-26,30-31H,6-22H2,1-5H3,(H,40,49)(H,41,46)(H,42,51)(H,43,45)(H,44,50)(H,47,48)(H,52,53)(H4,37,38,39)/t25-,26-,30-,31-/m0/s1. The van der Waals surface area contributed by atoms with E-state index in [1.165, 1.54) is 44.9 Å². The van der Waals surface area contributed by atoms with Crippen molar-refractivity contribution in [1.82, 2.24) is 26.6 Å². The summed E-state index contributed by atoms with van der Waals surface area (Å²) in [5.41, 5.74) is 10.8. The van der Waals surface area contributed by atoms with Gasteiger partial charge in [-0.2, -0.15) is 0 Å². The molecule has 11 N–H and O–H groups in total. The summed E-state index contributed by atoms with van der Waals surface area (Å²) in [6.07, 6.45) is 12.3. The Morgan fingerprint density at radius 3 is 1.64 bits per heavy atom. The van der Waals surface area contributed by atoms with Gasteiger partial charge in [-0.15, -0.1) is 0 Å². The molecule has 304 valence electrons. The van der Waals surface area contributed by atoms with Crippen molar-refractivity contribution in [3.05, 3.63) is 0 Å². The summed E-state index contributed by atoms with van der Waals surface area (Å²) in [5, 5.41) is 30.9. The van der Waals surface area contributed by atoms with Crippen molar-refractivity contribution in [2.75, 3.05) is 13.1 Å². The highest BCUT2D eigenvalue weighted by molar-refractivity contribution is 5.95. The molecule has 0 bridgehead atoms. The number of carbonyl (C=O) groups excluding carboxylic acids is 5. The maximum Gasteiger partial charge on any atom is 0.326 e. The summed E-state index contributed by atoms with van der Waals surface area (Å²) in [5.74, 6) is -7.38. The topological polar surface area (TPSA) is 284 Å². The van der Waals surface area contributed by atoms with E-state index in [2.05, 4.69) is 38.5 Å². The lowest BCUT2D eigenvalue weighted by Gasteiger charge is -2.25. The van der Waals surface area contributed by atoms with E-state index in [1.54, 1.807) is 27.7 Å². The quantitative estimate of drug-likeness (QED) is 0.0289. The molecule has 5 amide bonds. The normalized spacial score (nSPS) is 13.3. The van der Waals surface area contributed by atoms with Crippen LogP contribution in [0.15, 0.2) is 4.99 Å². The van der Waals surface area contributed by atoms with Crippen LogP contribution in [0.4, 0.5) is 0 Å². The molecule has 4 atom stereocenters. The van der Waals surface area contributed by atoms with Crippen molar-refractivity contribution in [3.63, 3.8) is 0 Å². The van der Waals surface area contributed by atoms with Crippen molar-refractivity contribution in [3.8, 4) is 0 Å². The number of rotatable bonds is 30. The number of amides is 5. The molecule has 0 aliphatic heterocycles. The molecule has 0 rings (SSSR count). The molecule has 0 saturated heterocycles. The molecule has 0 aromatic carbocycles. The SMILES string of the molecule is CCCCCCCCCCCCCC(=O)N[C@H](C(=O)N[C@@H](CCCN=C(N)N)C(=O)NCC(=O)N[C@@H](CC(=O)O)C(=O)N[C@H](C(=O)O)C(C)C)C(C)C. The Labute approximate surface area is 314 Å². The predicted octanol–water partition coefficient (Wildman–Crippen LogP) is 1.67. The average molecular weight is 755 g/mol. The number of unbranched alkanes of at least 4 members (excludes halogenated alkanes) is 10. The number of nitrogens with zero attached hydrogens (tertiary/aromatic N) is 1. The predicted molar refractivity (Wildman–Crippen MR) is 201 cm³/mol. The van der Waals surface area contributed by atoms with Crippen LogP contribution in [-0.2, 0) is 33.6 Å². The molecule has 0 saturated carbocycles. The minimum absolute atomic E-state index is 0.0588. The van der Waals surface area contributed by atoms with Crippen LogP contribution in [0.25, 0.3) is 0 Å². The molecule has 17 nitrogen and oxygen atoms in total. The van der Waals surface area contributed by atoms with Crippen LogP contribution in [-0.4, -0.2) is 94.9 Å². The highest BCUT2D eigenvalue weighted by Crippen LogP contribution is 2.13. The molecule has 53 heavy (non-hydrogen) atoms. The van der Waals surface area contributed by atoms with Gasteiger partial charge in [0.2, 0.25) is 29.5 Å². The van der Waals surface area contributed by atoms with Crippen LogP contribution >= 0.6 is 0 Å². The van der Waals surface area contributed by atoms with Gasteiger partial charge in [0.05, 0.1) is 13.0 Å². The van der Waals surface area contributed by atoms with E-state index in [4.69, 9.17) is 11.5 Å². The molecule has 0 radical (unpaired) electrons. The van der Waals surface area contributed by atoms with Gasteiger partial charge >= 0.3 is 11.9 Å². The van der Waals surface area contributed by atoms with Crippen LogP contribution in [0.1, 0.15) is 131 Å². The highest BCUT2D eigenvalue weighted by Gasteiger charge is 2.31. The van der Waals surface area contributed by atoms with Crippen LogP contribution < -0.4 is 38.1 Å². The van der Waals surface area contributed by atoms with Crippen molar-refractivity contribution in [2.24, 2.45) is 28.3 Å². The molecule has 0 aliphatic rings. The smallest absolute Gasteiger partial charge is 0.326 e. The van der Waals surface area contributed by atoms with E-state index in [0.717, 1.165) is 19.3 Å². The lowest BCUT2D eigenvalue weighted by molar-refractivity contribution is -0.144. The van der Waals surface area contributed by atoms with Crippen LogP contribution in [0.3, 0.4) is 0 Å². The van der Waals surface area contributed by atoms with Gasteiger partial charge in [-0.25, -0.2) is 4.79 Å². The fourth-order valence-corrected chi connectivity index (χ4v) is 5.45. The van der Waals surface area contributed by atoms with E-state index in [1.807, 2.05) is 0 Å². The summed E-state index contributed by atoms with van der Waals surface area (Å²) in [7, 11) is 0. The molecule has 0 heterocycles. The number of aliphatic carboxylic acids is 2. The first-order valence-corrected chi connectivity index (χ1v) is 19.0. The van der Waals surface area contributed by atoms with Gasteiger partial charge < -0.3 is 48.3 Å². The molecule has 0 unspecified atom stereocenters. The van der Waals surface area contributed by atoms with Gasteiger partial charge in [0, 0.05) is 13.0 Å². The van der Waals surface area contributed by atoms with Crippen LogP contribution in [0, 0.1) is 11.8 Å². The van der Waals surface area contributed by atoms with Crippen LogP contribution in [0.2, 0.25) is 0 Å². The van der Waals surface area contributed by atoms with Crippen LogP contribution in [0.5, 0.6) is 0 Å². The summed E-state index contributed by atoms with van der Waals surface area (Å²) in [6.45, 7) is 8.26. The zero-order valence-electron chi connectivity index (χ0n) is 32.3. The first-order chi connectivity index (χ1) is 25.0. The molecule has 0 spiro atoms. The first-order valence-electron chi connectivity index (χ1n) is 19.0. The van der Waals surface area contributed by atoms with E-state index >= 15 is 0 Å². The Morgan fingerprint density at radius 2 is 1.15 bits per heavy atom. The minimum atomic E-state index is -1.63. The molecule has 0 aromatic rings. The van der Waals surface area contributed by atoms with E-state index in [9.17, 15) is 43.8 Å². The Morgan fingerprint density at radius 1 is 0.604 bits per heavy atom. The Balaban J connectivity index is 5.31. The maximum atomic E-state index is 13.4. The fourth-order valence-electron chi connectivity index (χ4n) is 5.45. The van der Waals surface area contributed by atoms with Crippen molar-refractivity contribution in [2.45, 2.75) is 155 Å². The molecule has 0 aliphatic carbocycles. The average Bonchev–Trinajstić information content (AvgIpc) is 3.07. The highest BCUT2D eigenvalue weighted by atomic mass is 16.4. The molecule has 0 fully saturated rings. The summed E-state index contributed by atoms with van der Waals surface area (Å²) < 4.78 is 0. The second-order valence-corrected chi connectivity index (χ2v) is 14.1. The lowest BCUT2D eigenvalue weighted by atomic mass is 10.0. The van der Waals surface area contributed by atoms with Crippen molar-refractivity contribution < 1.29 is 43.8 Å². The number of carboxylic acid groups (broad SMARTS) is 2. The number of hydrogen-bond acceptors (Lipinski definition) is 8. The Kier molecular flexibility index (Phi) is 25.8. The number of nitrogens with two attached hydrogens (primary N) is 2. The van der Waals surface area contributed by atoms with E-state index in [-0.39, 0.29) is 43.6 Å². The Hall–Kier alpha value is -4.44. The maximum absolute atomic E-state index is 13.4. The minimum Gasteiger partial charge on any atom is -0.481 e. The third-order valence-corrected chi connectivity index (χ3v) is 8.54. The molecular weight excluding hydrogens is 688 g/mol. The monoisotopic (exact) mass is 754 g/mol. The van der Waals surface area contributed by atoms with Gasteiger partial charge in [0.15, 0.2) is 5.96 Å². The second kappa shape index (κ2) is 28.1. The zero-order chi connectivity index (χ0) is 40.3. The molecule has 17 heteroatoms. The zero-order valence-corrected chi connectivity index (χ0v) is 32.3. The third kappa shape index (κ3) is 23.7. The van der Waals surface area contributed by atoms with Crippen molar-refractivity contribution >= 4 is 47.4 Å². The third-order valence-electron chi connectivity index (χ3n) is 8.54. The first kappa shape index (κ1) is 48.6. The largest absolute Gasteiger partial charge is 0.481 e. The van der Waals surface area contributed by atoms with Gasteiger partial charge in [-0.1, -0.05) is 98.8 Å². The number of nitrogens with one attached hydrogen (secondary N) is 5. The van der Waals surface area contributed by atoms with Gasteiger partial charge in [0.25, 0.3) is 0 Å². The number of aliphatic imine (C=N–C) groups is 1. The molecule has 0 aromatic heterocycles. The second-order valence-electron chi connectivity index (χ2n) is 14.1. The lowest BCUT2D eigenvalue weighted by Crippen LogP contribution is -2.57. The number of guanidine groups is 1. The van der Waals surface area contributed by atoms with Gasteiger partial charge in [-0.3, -0.25) is 33.8 Å². The molecular formula is C36H66N8O9. The van der Waals surface area contributed by atoms with Gasteiger partial charge in [-0.05, 0) is 31.1 Å². The number of carbonyl (C=O) groups is 7. The summed E-state index contributed by atoms with van der Waals surface area (Å²) in [4.78, 5) is 91.6. The Bertz CT molecular complexity index is 1190. The van der Waals surface area contributed by atoms with Crippen molar-refractivity contribution in [1.29, 1.82) is 0 Å². The van der Waals surface area contributed by atoms with E-state index < -0.39 is 78.6 Å². The number of carboxylic acids is 2.